The van der Waals surface area contributed by atoms with Gasteiger partial charge in [-0.25, -0.2) is 5.48 Å². The van der Waals surface area contributed by atoms with Crippen LogP contribution in [0.25, 0.3) is 0 Å². The highest BCUT2D eigenvalue weighted by Gasteiger charge is 2.42. The van der Waals surface area contributed by atoms with Crippen molar-refractivity contribution in [3.63, 3.8) is 0 Å². The predicted octanol–water partition coefficient (Wildman–Crippen LogP) is 10.4. The lowest BCUT2D eigenvalue weighted by molar-refractivity contribution is -0.109. The van der Waals surface area contributed by atoms with Crippen molar-refractivity contribution in [3.8, 4) is 0 Å². The van der Waals surface area contributed by atoms with Crippen molar-refractivity contribution in [1.29, 1.82) is 0 Å². The van der Waals surface area contributed by atoms with Crippen LogP contribution in [-0.4, -0.2) is 39.4 Å². The summed E-state index contributed by atoms with van der Waals surface area (Å²) in [5.74, 6) is 1.41. The molecule has 0 radical (unpaired) electrons. The Kier molecular flexibility index (Phi) is 26.6. The van der Waals surface area contributed by atoms with Crippen molar-refractivity contribution in [2.45, 2.75) is 174 Å². The SMILES string of the molecule is CCCCCCCCCCCCO[Si]1(CCCSC(C)=O)OCCC(CCCCCCCCCCCC)CNO1. The molecule has 1 N–H and O–H groups in total. The van der Waals surface area contributed by atoms with Gasteiger partial charge < -0.3 is 8.85 Å². The van der Waals surface area contributed by atoms with Crippen molar-refractivity contribution >= 4 is 25.7 Å². The Morgan fingerprint density at radius 2 is 1.30 bits per heavy atom. The van der Waals surface area contributed by atoms with Crippen molar-refractivity contribution in [1.82, 2.24) is 5.48 Å². The van der Waals surface area contributed by atoms with Crippen LogP contribution in [0.15, 0.2) is 0 Å². The molecular formula is C33H67NO4SSi. The maximum atomic E-state index is 11.4. The van der Waals surface area contributed by atoms with Gasteiger partial charge in [0, 0.05) is 38.5 Å². The Labute approximate surface area is 254 Å². The van der Waals surface area contributed by atoms with Crippen molar-refractivity contribution in [3.05, 3.63) is 0 Å². The van der Waals surface area contributed by atoms with Gasteiger partial charge in [0.2, 0.25) is 0 Å². The van der Waals surface area contributed by atoms with Gasteiger partial charge in [-0.05, 0) is 31.6 Å². The maximum absolute atomic E-state index is 11.4. The lowest BCUT2D eigenvalue weighted by Gasteiger charge is -2.33. The smallest absolute Gasteiger partial charge is 0.373 e. The maximum Gasteiger partial charge on any atom is 0.517 e. The molecule has 2 unspecified atom stereocenters. The molecule has 0 amide bonds. The van der Waals surface area contributed by atoms with Crippen LogP contribution >= 0.6 is 11.8 Å². The topological polar surface area (TPSA) is 56.8 Å². The molecule has 1 rings (SSSR count). The Morgan fingerprint density at radius 3 is 1.85 bits per heavy atom. The molecule has 0 bridgehead atoms. The van der Waals surface area contributed by atoms with Crippen LogP contribution in [0.1, 0.15) is 168 Å². The van der Waals surface area contributed by atoms with Crippen LogP contribution in [0, 0.1) is 5.92 Å². The highest BCUT2D eigenvalue weighted by Crippen LogP contribution is 2.24. The van der Waals surface area contributed by atoms with E-state index < -0.39 is 8.80 Å². The zero-order valence-electron chi connectivity index (χ0n) is 26.9. The molecule has 1 aliphatic rings. The molecule has 1 heterocycles. The Balaban J connectivity index is 2.26. The summed E-state index contributed by atoms with van der Waals surface area (Å²) in [4.78, 5) is 11.4. The number of hydroxylamine groups is 1. The summed E-state index contributed by atoms with van der Waals surface area (Å²) in [6.45, 7) is 8.53. The van der Waals surface area contributed by atoms with E-state index in [-0.39, 0.29) is 5.12 Å². The fourth-order valence-corrected chi connectivity index (χ4v) is 8.76. The van der Waals surface area contributed by atoms with Gasteiger partial charge in [-0.3, -0.25) is 9.32 Å². The van der Waals surface area contributed by atoms with Crippen molar-refractivity contribution < 1.29 is 18.2 Å². The number of hydrogen-bond donors (Lipinski definition) is 1. The second-order valence-corrected chi connectivity index (χ2v) is 16.0. The third-order valence-corrected chi connectivity index (χ3v) is 11.8. The van der Waals surface area contributed by atoms with Gasteiger partial charge in [0.1, 0.15) is 0 Å². The summed E-state index contributed by atoms with van der Waals surface area (Å²) in [6.07, 6.45) is 30.2. The van der Waals surface area contributed by atoms with Gasteiger partial charge in [-0.2, -0.15) is 0 Å². The number of unbranched alkanes of at least 4 members (excludes halogenated alkanes) is 18. The first-order valence-electron chi connectivity index (χ1n) is 17.4. The molecule has 0 aromatic rings. The fourth-order valence-electron chi connectivity index (χ4n) is 5.54. The van der Waals surface area contributed by atoms with Gasteiger partial charge in [-0.15, -0.1) is 0 Å². The molecule has 0 spiro atoms. The lowest BCUT2D eigenvalue weighted by Crippen LogP contribution is -2.52. The molecule has 40 heavy (non-hydrogen) atoms. The second kappa shape index (κ2) is 27.9. The average Bonchev–Trinajstić information content (AvgIpc) is 2.93. The Morgan fingerprint density at radius 1 is 0.775 bits per heavy atom. The first-order valence-corrected chi connectivity index (χ1v) is 20.4. The number of hydrogen-bond acceptors (Lipinski definition) is 6. The molecule has 0 aliphatic carbocycles. The van der Waals surface area contributed by atoms with Crippen LogP contribution in [0.3, 0.4) is 0 Å². The first kappa shape index (κ1) is 38.1. The molecule has 1 saturated heterocycles. The minimum absolute atomic E-state index is 0.175. The van der Waals surface area contributed by atoms with Crippen LogP contribution in [0.2, 0.25) is 6.04 Å². The molecule has 2 atom stereocenters. The Hall–Kier alpha value is 0.0769. The van der Waals surface area contributed by atoms with Gasteiger partial charge in [0.15, 0.2) is 5.12 Å². The minimum Gasteiger partial charge on any atom is -0.373 e. The van der Waals surface area contributed by atoms with E-state index in [4.69, 9.17) is 13.4 Å². The van der Waals surface area contributed by atoms with Gasteiger partial charge in [0.25, 0.3) is 0 Å². The lowest BCUT2D eigenvalue weighted by atomic mass is 9.97. The predicted molar refractivity (Wildman–Crippen MR) is 176 cm³/mol. The number of thioether (sulfide) groups is 1. The highest BCUT2D eigenvalue weighted by atomic mass is 32.2. The van der Waals surface area contributed by atoms with Crippen LogP contribution in [0.5, 0.6) is 0 Å². The van der Waals surface area contributed by atoms with Crippen LogP contribution in [0.4, 0.5) is 0 Å². The molecule has 0 aromatic heterocycles. The average molecular weight is 602 g/mol. The normalized spacial score (nSPS) is 19.9. The molecule has 1 aliphatic heterocycles. The zero-order valence-corrected chi connectivity index (χ0v) is 28.7. The third kappa shape index (κ3) is 22.6. The largest absolute Gasteiger partial charge is 0.517 e. The molecular weight excluding hydrogens is 535 g/mol. The monoisotopic (exact) mass is 601 g/mol. The molecule has 0 aromatic carbocycles. The van der Waals surface area contributed by atoms with Gasteiger partial charge in [-0.1, -0.05) is 148 Å². The van der Waals surface area contributed by atoms with E-state index in [1.807, 2.05) is 0 Å². The molecule has 238 valence electrons. The quantitative estimate of drug-likeness (QED) is 0.0746. The third-order valence-electron chi connectivity index (χ3n) is 8.17. The zero-order chi connectivity index (χ0) is 29.0. The summed E-state index contributed by atoms with van der Waals surface area (Å²) in [6, 6.07) is 0.779. The van der Waals surface area contributed by atoms with E-state index in [0.717, 1.165) is 44.2 Å². The van der Waals surface area contributed by atoms with E-state index in [0.29, 0.717) is 12.5 Å². The fraction of sp³-hybridized carbons (Fsp3) is 0.970. The molecule has 0 saturated carbocycles. The summed E-state index contributed by atoms with van der Waals surface area (Å²) in [5, 5.41) is 0.175. The van der Waals surface area contributed by atoms with Crippen molar-refractivity contribution in [2.24, 2.45) is 5.92 Å². The summed E-state index contributed by atoms with van der Waals surface area (Å²) in [7, 11) is -2.76. The number of carbonyl (C=O) groups excluding carboxylic acids is 1. The van der Waals surface area contributed by atoms with E-state index in [9.17, 15) is 4.79 Å². The van der Waals surface area contributed by atoms with Crippen molar-refractivity contribution in [2.75, 3.05) is 25.5 Å². The highest BCUT2D eigenvalue weighted by molar-refractivity contribution is 8.13. The Bertz CT molecular complexity index is 559. The number of carbonyl (C=O) groups is 1. The minimum atomic E-state index is -2.76. The van der Waals surface area contributed by atoms with Gasteiger partial charge in [0.05, 0.1) is 0 Å². The summed E-state index contributed by atoms with van der Waals surface area (Å²) >= 11 is 1.39. The van der Waals surface area contributed by atoms with E-state index in [1.54, 1.807) is 6.92 Å². The van der Waals surface area contributed by atoms with E-state index in [1.165, 1.54) is 140 Å². The van der Waals surface area contributed by atoms with E-state index in [2.05, 4.69) is 19.3 Å². The standard InChI is InChI=1S/C33H67NO4SSi/c1-4-6-8-10-12-14-16-18-20-22-25-33-26-28-37-40(38-34-31-33,30-24-29-39-32(3)35)36-27-23-21-19-17-15-13-11-9-7-5-2/h33-34H,4-31H2,1-3H3. The molecule has 7 heteroatoms. The van der Waals surface area contributed by atoms with Crippen LogP contribution in [-0.2, 0) is 18.2 Å². The van der Waals surface area contributed by atoms with Crippen LogP contribution < -0.4 is 5.48 Å². The first-order chi connectivity index (χ1) is 19.6. The molecule has 5 nitrogen and oxygen atoms in total. The summed E-state index contributed by atoms with van der Waals surface area (Å²) < 4.78 is 19.1. The number of rotatable bonds is 27. The summed E-state index contributed by atoms with van der Waals surface area (Å²) in [5.41, 5.74) is 3.29. The van der Waals surface area contributed by atoms with E-state index >= 15 is 0 Å². The molecule has 1 fully saturated rings. The van der Waals surface area contributed by atoms with Gasteiger partial charge >= 0.3 is 8.80 Å². The number of nitrogens with one attached hydrogen (secondary N) is 1. The second-order valence-electron chi connectivity index (χ2n) is 12.1.